The third kappa shape index (κ3) is 6.89. The van der Waals surface area contributed by atoms with E-state index in [1.54, 1.807) is 6.07 Å². The Labute approximate surface area is 138 Å². The Balaban J connectivity index is 2.55. The van der Waals surface area contributed by atoms with E-state index < -0.39 is 0 Å². The lowest BCUT2D eigenvalue weighted by Crippen LogP contribution is -2.39. The van der Waals surface area contributed by atoms with Crippen LogP contribution in [0.25, 0.3) is 0 Å². The average molecular weight is 322 g/mol. The van der Waals surface area contributed by atoms with Crippen molar-refractivity contribution in [2.24, 2.45) is 0 Å². The van der Waals surface area contributed by atoms with Crippen molar-refractivity contribution in [3.8, 4) is 5.75 Å². The van der Waals surface area contributed by atoms with Crippen LogP contribution < -0.4 is 15.4 Å². The molecule has 0 unspecified atom stereocenters. The van der Waals surface area contributed by atoms with Crippen molar-refractivity contribution in [2.75, 3.05) is 13.2 Å². The predicted octanol–water partition coefficient (Wildman–Crippen LogP) is 3.66. The molecule has 22 heavy (non-hydrogen) atoms. The lowest BCUT2D eigenvalue weighted by molar-refractivity contribution is 0.0972. The molecule has 0 aliphatic carbocycles. The van der Waals surface area contributed by atoms with E-state index in [0.29, 0.717) is 23.0 Å². The van der Waals surface area contributed by atoms with E-state index in [1.807, 2.05) is 18.2 Å². The molecule has 122 valence electrons. The molecular weight excluding hydrogens is 296 g/mol. The number of amides is 1. The summed E-state index contributed by atoms with van der Waals surface area (Å²) in [6.45, 7) is 5.64. The molecule has 0 fully saturated rings. The van der Waals surface area contributed by atoms with Crippen LogP contribution >= 0.6 is 12.2 Å². The first-order valence-electron chi connectivity index (χ1n) is 8.00. The van der Waals surface area contributed by atoms with Crippen molar-refractivity contribution in [3.63, 3.8) is 0 Å². The molecule has 1 aromatic carbocycles. The Morgan fingerprint density at radius 3 is 2.59 bits per heavy atom. The molecule has 5 heteroatoms. The molecule has 0 radical (unpaired) electrons. The fourth-order valence-corrected chi connectivity index (χ4v) is 2.10. The first-order valence-corrected chi connectivity index (χ1v) is 8.40. The Hall–Kier alpha value is -1.62. The molecule has 0 aliphatic rings. The van der Waals surface area contributed by atoms with Gasteiger partial charge in [0.1, 0.15) is 5.75 Å². The van der Waals surface area contributed by atoms with Crippen molar-refractivity contribution < 1.29 is 9.53 Å². The zero-order chi connectivity index (χ0) is 16.2. The molecule has 0 bridgehead atoms. The molecule has 1 amide bonds. The molecule has 0 heterocycles. The summed E-state index contributed by atoms with van der Waals surface area (Å²) in [6.07, 6.45) is 5.36. The van der Waals surface area contributed by atoms with Crippen LogP contribution in [0.4, 0.5) is 0 Å². The van der Waals surface area contributed by atoms with Crippen molar-refractivity contribution in [2.45, 2.75) is 46.0 Å². The lowest BCUT2D eigenvalue weighted by atomic mass is 10.2. The van der Waals surface area contributed by atoms with Gasteiger partial charge in [-0.05, 0) is 37.2 Å². The SMILES string of the molecule is CCCCCOc1ccccc1C(=O)NC(=S)NCCCC. The van der Waals surface area contributed by atoms with E-state index in [4.69, 9.17) is 17.0 Å². The lowest BCUT2D eigenvalue weighted by Gasteiger charge is -2.12. The maximum Gasteiger partial charge on any atom is 0.261 e. The van der Waals surface area contributed by atoms with Crippen LogP contribution in [0.1, 0.15) is 56.3 Å². The number of unbranched alkanes of at least 4 members (excludes halogenated alkanes) is 3. The first kappa shape index (κ1) is 18.4. The number of rotatable bonds is 9. The summed E-state index contributed by atoms with van der Waals surface area (Å²) in [7, 11) is 0. The van der Waals surface area contributed by atoms with Gasteiger partial charge in [0.25, 0.3) is 5.91 Å². The number of thiocarbonyl (C=S) groups is 1. The van der Waals surface area contributed by atoms with E-state index >= 15 is 0 Å². The first-order chi connectivity index (χ1) is 10.7. The molecule has 0 aliphatic heterocycles. The number of hydrogen-bond acceptors (Lipinski definition) is 3. The monoisotopic (exact) mass is 322 g/mol. The minimum Gasteiger partial charge on any atom is -0.493 e. The van der Waals surface area contributed by atoms with Crippen LogP contribution in [0.3, 0.4) is 0 Å². The summed E-state index contributed by atoms with van der Waals surface area (Å²) in [5.41, 5.74) is 0.513. The number of ether oxygens (including phenoxy) is 1. The van der Waals surface area contributed by atoms with Crippen LogP contribution in [0, 0.1) is 0 Å². The topological polar surface area (TPSA) is 50.4 Å². The maximum atomic E-state index is 12.3. The van der Waals surface area contributed by atoms with Gasteiger partial charge >= 0.3 is 0 Å². The van der Waals surface area contributed by atoms with Gasteiger partial charge in [0.15, 0.2) is 5.11 Å². The average Bonchev–Trinajstić information content (AvgIpc) is 2.52. The Morgan fingerprint density at radius 2 is 1.86 bits per heavy atom. The number of nitrogens with one attached hydrogen (secondary N) is 2. The summed E-state index contributed by atoms with van der Waals surface area (Å²) in [5.74, 6) is 0.368. The number of para-hydroxylation sites is 1. The van der Waals surface area contributed by atoms with Gasteiger partial charge in [-0.2, -0.15) is 0 Å². The van der Waals surface area contributed by atoms with Crippen molar-refractivity contribution in [1.29, 1.82) is 0 Å². The Morgan fingerprint density at radius 1 is 1.14 bits per heavy atom. The van der Waals surface area contributed by atoms with E-state index in [1.165, 1.54) is 0 Å². The summed E-state index contributed by atoms with van der Waals surface area (Å²) in [6, 6.07) is 7.25. The summed E-state index contributed by atoms with van der Waals surface area (Å²) >= 11 is 5.12. The molecule has 0 saturated carbocycles. The largest absolute Gasteiger partial charge is 0.493 e. The summed E-state index contributed by atoms with van der Waals surface area (Å²) in [5, 5.41) is 6.08. The van der Waals surface area contributed by atoms with Gasteiger partial charge in [-0.1, -0.05) is 45.2 Å². The fraction of sp³-hybridized carbons (Fsp3) is 0.529. The zero-order valence-corrected chi connectivity index (χ0v) is 14.3. The van der Waals surface area contributed by atoms with Crippen molar-refractivity contribution >= 4 is 23.2 Å². The van der Waals surface area contributed by atoms with Crippen LogP contribution in [0.15, 0.2) is 24.3 Å². The second-order valence-electron chi connectivity index (χ2n) is 5.12. The number of carbonyl (C=O) groups excluding carboxylic acids is 1. The van der Waals surface area contributed by atoms with Crippen molar-refractivity contribution in [1.82, 2.24) is 10.6 Å². The Kier molecular flexibility index (Phi) is 9.23. The summed E-state index contributed by atoms with van der Waals surface area (Å²) < 4.78 is 5.72. The second kappa shape index (κ2) is 11.0. The third-order valence-corrected chi connectivity index (χ3v) is 3.43. The van der Waals surface area contributed by atoms with E-state index in [2.05, 4.69) is 24.5 Å². The highest BCUT2D eigenvalue weighted by atomic mass is 32.1. The van der Waals surface area contributed by atoms with E-state index in [-0.39, 0.29) is 5.91 Å². The standard InChI is InChI=1S/C17H26N2O2S/c1-3-5-9-13-21-15-11-8-7-10-14(15)16(20)19-17(22)18-12-6-4-2/h7-8,10-11H,3-6,9,12-13H2,1-2H3,(H2,18,19,20,22). The maximum absolute atomic E-state index is 12.3. The smallest absolute Gasteiger partial charge is 0.261 e. The minimum atomic E-state index is -0.236. The van der Waals surface area contributed by atoms with Crippen LogP contribution in [-0.2, 0) is 0 Å². The predicted molar refractivity (Wildman–Crippen MR) is 94.4 cm³/mol. The molecule has 4 nitrogen and oxygen atoms in total. The number of carbonyl (C=O) groups is 1. The third-order valence-electron chi connectivity index (χ3n) is 3.18. The quantitative estimate of drug-likeness (QED) is 0.538. The highest BCUT2D eigenvalue weighted by molar-refractivity contribution is 7.80. The van der Waals surface area contributed by atoms with E-state index in [0.717, 1.165) is 38.6 Å². The van der Waals surface area contributed by atoms with Crippen LogP contribution in [0.2, 0.25) is 0 Å². The molecule has 0 atom stereocenters. The van der Waals surface area contributed by atoms with Gasteiger partial charge < -0.3 is 10.1 Å². The zero-order valence-electron chi connectivity index (χ0n) is 13.5. The molecule has 0 saturated heterocycles. The number of hydrogen-bond donors (Lipinski definition) is 2. The van der Waals surface area contributed by atoms with Gasteiger partial charge in [-0.25, -0.2) is 0 Å². The highest BCUT2D eigenvalue weighted by Crippen LogP contribution is 2.18. The van der Waals surface area contributed by atoms with Gasteiger partial charge in [-0.3, -0.25) is 10.1 Å². The van der Waals surface area contributed by atoms with Gasteiger partial charge in [0.2, 0.25) is 0 Å². The fourth-order valence-electron chi connectivity index (χ4n) is 1.91. The minimum absolute atomic E-state index is 0.236. The molecular formula is C17H26N2O2S. The van der Waals surface area contributed by atoms with Gasteiger partial charge in [-0.15, -0.1) is 0 Å². The van der Waals surface area contributed by atoms with E-state index in [9.17, 15) is 4.79 Å². The molecule has 1 aromatic rings. The molecule has 2 N–H and O–H groups in total. The van der Waals surface area contributed by atoms with Crippen LogP contribution in [-0.4, -0.2) is 24.2 Å². The molecule has 1 rings (SSSR count). The Bertz CT molecular complexity index is 477. The highest BCUT2D eigenvalue weighted by Gasteiger charge is 2.13. The van der Waals surface area contributed by atoms with Crippen molar-refractivity contribution in [3.05, 3.63) is 29.8 Å². The second-order valence-corrected chi connectivity index (χ2v) is 5.52. The molecule has 0 spiro atoms. The summed E-state index contributed by atoms with van der Waals surface area (Å²) in [4.78, 5) is 12.3. The molecule has 0 aromatic heterocycles. The van der Waals surface area contributed by atoms with Gasteiger partial charge in [0, 0.05) is 6.54 Å². The van der Waals surface area contributed by atoms with Crippen LogP contribution in [0.5, 0.6) is 5.75 Å². The van der Waals surface area contributed by atoms with Gasteiger partial charge in [0.05, 0.1) is 12.2 Å². The normalized spacial score (nSPS) is 10.1. The number of benzene rings is 1.